The molecule has 3 heterocycles. The Morgan fingerprint density at radius 2 is 1.83 bits per heavy atom. The monoisotopic (exact) mass is 414 g/mol. The predicted molar refractivity (Wildman–Crippen MR) is 106 cm³/mol. The molecule has 2 amide bonds. The van der Waals surface area contributed by atoms with Crippen molar-refractivity contribution in [1.82, 2.24) is 15.0 Å². The summed E-state index contributed by atoms with van der Waals surface area (Å²) in [6.07, 6.45) is -1.44. The molecule has 0 aliphatic carbocycles. The van der Waals surface area contributed by atoms with Crippen LogP contribution in [0.2, 0.25) is 0 Å². The summed E-state index contributed by atoms with van der Waals surface area (Å²) in [5, 5.41) is 2.61. The lowest BCUT2D eigenvalue weighted by molar-refractivity contribution is -0.137. The summed E-state index contributed by atoms with van der Waals surface area (Å²) in [6, 6.07) is 9.50. The number of carbonyl (C=O) groups excluding carboxylic acids is 1. The Kier molecular flexibility index (Phi) is 4.98. The fourth-order valence-corrected chi connectivity index (χ4v) is 3.15. The van der Waals surface area contributed by atoms with E-state index in [0.29, 0.717) is 35.9 Å². The van der Waals surface area contributed by atoms with Crippen LogP contribution >= 0.6 is 0 Å². The summed E-state index contributed by atoms with van der Waals surface area (Å²) in [5.41, 5.74) is 0.588. The zero-order valence-electron chi connectivity index (χ0n) is 15.9. The van der Waals surface area contributed by atoms with Gasteiger partial charge in [-0.2, -0.15) is 13.2 Å². The van der Waals surface area contributed by atoms with Crippen LogP contribution < -0.4 is 15.1 Å². The fourth-order valence-electron chi connectivity index (χ4n) is 3.15. The maximum Gasteiger partial charge on any atom is 0.416 e. The van der Waals surface area contributed by atoms with Crippen molar-refractivity contribution in [1.29, 1.82) is 0 Å². The third kappa shape index (κ3) is 3.88. The number of anilines is 3. The SMILES string of the molecule is CN1CCN(C(=O)Nc2ncccn2)c2nc(-c3cccc(C(F)(F)F)c3)ccc21. The van der Waals surface area contributed by atoms with E-state index in [1.54, 1.807) is 24.3 Å². The molecular weight excluding hydrogens is 397 g/mol. The maximum absolute atomic E-state index is 13.1. The van der Waals surface area contributed by atoms with Crippen LogP contribution in [0.5, 0.6) is 0 Å². The zero-order valence-corrected chi connectivity index (χ0v) is 15.9. The molecule has 0 atom stereocenters. The van der Waals surface area contributed by atoms with E-state index in [1.807, 2.05) is 11.9 Å². The second-order valence-corrected chi connectivity index (χ2v) is 6.69. The summed E-state index contributed by atoms with van der Waals surface area (Å²) in [7, 11) is 1.86. The van der Waals surface area contributed by atoms with Gasteiger partial charge in [0.1, 0.15) is 0 Å². The zero-order chi connectivity index (χ0) is 21.3. The quantitative estimate of drug-likeness (QED) is 0.685. The van der Waals surface area contributed by atoms with Crippen molar-refractivity contribution < 1.29 is 18.0 Å². The average Bonchev–Trinajstić information content (AvgIpc) is 2.74. The highest BCUT2D eigenvalue weighted by atomic mass is 19.4. The first-order valence-corrected chi connectivity index (χ1v) is 9.08. The van der Waals surface area contributed by atoms with Crippen LogP contribution in [-0.2, 0) is 6.18 Å². The van der Waals surface area contributed by atoms with Crippen LogP contribution in [0.4, 0.5) is 35.4 Å². The van der Waals surface area contributed by atoms with E-state index in [1.165, 1.54) is 23.4 Å². The first-order chi connectivity index (χ1) is 14.3. The summed E-state index contributed by atoms with van der Waals surface area (Å²) in [6.45, 7) is 0.919. The van der Waals surface area contributed by atoms with Crippen LogP contribution in [0.25, 0.3) is 11.3 Å². The van der Waals surface area contributed by atoms with Gasteiger partial charge in [-0.05, 0) is 30.3 Å². The van der Waals surface area contributed by atoms with Crippen molar-refractivity contribution in [2.24, 2.45) is 0 Å². The van der Waals surface area contributed by atoms with E-state index >= 15 is 0 Å². The first kappa shape index (κ1) is 19.6. The van der Waals surface area contributed by atoms with Crippen LogP contribution in [0.3, 0.4) is 0 Å². The molecule has 0 radical (unpaired) electrons. The molecule has 0 bridgehead atoms. The van der Waals surface area contributed by atoms with Gasteiger partial charge in [-0.3, -0.25) is 10.2 Å². The Bertz CT molecular complexity index is 1070. The lowest BCUT2D eigenvalue weighted by Gasteiger charge is -2.34. The third-order valence-corrected chi connectivity index (χ3v) is 4.70. The highest BCUT2D eigenvalue weighted by Gasteiger charge is 2.31. The number of carbonyl (C=O) groups is 1. The first-order valence-electron chi connectivity index (χ1n) is 9.08. The van der Waals surface area contributed by atoms with Crippen molar-refractivity contribution >= 4 is 23.5 Å². The minimum Gasteiger partial charge on any atom is -0.370 e. The third-order valence-electron chi connectivity index (χ3n) is 4.70. The molecule has 10 heteroatoms. The number of urea groups is 1. The summed E-state index contributed by atoms with van der Waals surface area (Å²) >= 11 is 0. The van der Waals surface area contributed by atoms with Gasteiger partial charge in [-0.25, -0.2) is 19.7 Å². The molecule has 0 saturated carbocycles. The highest BCUT2D eigenvalue weighted by Crippen LogP contribution is 2.35. The lowest BCUT2D eigenvalue weighted by atomic mass is 10.1. The van der Waals surface area contributed by atoms with Crippen LogP contribution in [0, 0.1) is 0 Å². The molecule has 1 aliphatic heterocycles. The summed E-state index contributed by atoms with van der Waals surface area (Å²) in [4.78, 5) is 28.6. The Hall–Kier alpha value is -3.69. The van der Waals surface area contributed by atoms with E-state index in [-0.39, 0.29) is 5.95 Å². The molecule has 0 saturated heterocycles. The number of hydrogen-bond donors (Lipinski definition) is 1. The number of nitrogens with zero attached hydrogens (tertiary/aromatic N) is 5. The number of halogens is 3. The Balaban J connectivity index is 1.70. The number of alkyl halides is 3. The molecule has 30 heavy (non-hydrogen) atoms. The van der Waals surface area contributed by atoms with Gasteiger partial charge in [-0.1, -0.05) is 12.1 Å². The smallest absolute Gasteiger partial charge is 0.370 e. The summed E-state index contributed by atoms with van der Waals surface area (Å²) in [5.74, 6) is 0.504. The van der Waals surface area contributed by atoms with Crippen molar-refractivity contribution in [3.05, 3.63) is 60.4 Å². The number of benzene rings is 1. The predicted octanol–water partition coefficient (Wildman–Crippen LogP) is 4.05. The summed E-state index contributed by atoms with van der Waals surface area (Å²) < 4.78 is 39.2. The second-order valence-electron chi connectivity index (χ2n) is 6.69. The van der Waals surface area contributed by atoms with Gasteiger partial charge >= 0.3 is 12.2 Å². The maximum atomic E-state index is 13.1. The van der Waals surface area contributed by atoms with Gasteiger partial charge in [-0.15, -0.1) is 0 Å². The number of hydrogen-bond acceptors (Lipinski definition) is 5. The van der Waals surface area contributed by atoms with Gasteiger partial charge in [0.25, 0.3) is 0 Å². The van der Waals surface area contributed by atoms with E-state index in [4.69, 9.17) is 0 Å². The van der Waals surface area contributed by atoms with E-state index in [2.05, 4.69) is 20.3 Å². The lowest BCUT2D eigenvalue weighted by Crippen LogP contribution is -2.45. The van der Waals surface area contributed by atoms with Crippen molar-refractivity contribution in [3.8, 4) is 11.3 Å². The number of likely N-dealkylation sites (N-methyl/N-ethyl adjacent to an activating group) is 1. The number of nitrogens with one attached hydrogen (secondary N) is 1. The highest BCUT2D eigenvalue weighted by molar-refractivity contribution is 6.03. The van der Waals surface area contributed by atoms with Gasteiger partial charge in [0.2, 0.25) is 5.95 Å². The molecule has 0 unspecified atom stereocenters. The minimum absolute atomic E-state index is 0.150. The van der Waals surface area contributed by atoms with E-state index in [9.17, 15) is 18.0 Å². The topological polar surface area (TPSA) is 74.2 Å². The number of rotatable bonds is 2. The average molecular weight is 414 g/mol. The van der Waals surface area contributed by atoms with Gasteiger partial charge in [0, 0.05) is 38.1 Å². The van der Waals surface area contributed by atoms with Gasteiger partial charge in [0.05, 0.1) is 16.9 Å². The number of fused-ring (bicyclic) bond motifs is 1. The van der Waals surface area contributed by atoms with E-state index < -0.39 is 17.8 Å². The second kappa shape index (κ2) is 7.62. The van der Waals surface area contributed by atoms with Crippen molar-refractivity contribution in [2.75, 3.05) is 35.3 Å². The Morgan fingerprint density at radius 1 is 1.07 bits per heavy atom. The molecule has 0 spiro atoms. The molecule has 7 nitrogen and oxygen atoms in total. The molecule has 1 aromatic carbocycles. The minimum atomic E-state index is -4.45. The van der Waals surface area contributed by atoms with Crippen LogP contribution in [-0.4, -0.2) is 41.1 Å². The number of pyridine rings is 1. The molecule has 3 aromatic rings. The normalized spacial score (nSPS) is 13.7. The van der Waals surface area contributed by atoms with E-state index in [0.717, 1.165) is 12.1 Å². The van der Waals surface area contributed by atoms with Crippen LogP contribution in [0.15, 0.2) is 54.9 Å². The largest absolute Gasteiger partial charge is 0.416 e. The molecule has 4 rings (SSSR count). The molecular formula is C20H17F3N6O. The number of aromatic nitrogens is 3. The standard InChI is InChI=1S/C20H17F3N6O/c1-28-10-11-29(19(30)27-18-24-8-3-9-25-18)17-16(28)7-6-15(26-17)13-4-2-5-14(12-13)20(21,22)23/h2-9,12H,10-11H2,1H3,(H,24,25,27,30). The fraction of sp³-hybridized carbons (Fsp3) is 0.200. The van der Waals surface area contributed by atoms with Gasteiger partial charge in [0.15, 0.2) is 5.82 Å². The Morgan fingerprint density at radius 3 is 2.57 bits per heavy atom. The van der Waals surface area contributed by atoms with Crippen molar-refractivity contribution in [3.63, 3.8) is 0 Å². The molecule has 1 N–H and O–H groups in total. The molecule has 1 aliphatic rings. The van der Waals surface area contributed by atoms with Crippen molar-refractivity contribution in [2.45, 2.75) is 6.18 Å². The molecule has 154 valence electrons. The van der Waals surface area contributed by atoms with Crippen LogP contribution in [0.1, 0.15) is 5.56 Å². The number of amides is 2. The van der Waals surface area contributed by atoms with Gasteiger partial charge < -0.3 is 4.90 Å². The molecule has 0 fully saturated rings. The Labute approximate surface area is 170 Å². The molecule has 2 aromatic heterocycles.